The van der Waals surface area contributed by atoms with Crippen LogP contribution in [0, 0.1) is 12.3 Å². The summed E-state index contributed by atoms with van der Waals surface area (Å²) in [4.78, 5) is 26.2. The zero-order chi connectivity index (χ0) is 26.7. The lowest BCUT2D eigenvalue weighted by Crippen LogP contribution is -2.39. The van der Waals surface area contributed by atoms with Gasteiger partial charge in [-0.3, -0.25) is 0 Å². The number of benzene rings is 2. The summed E-state index contributed by atoms with van der Waals surface area (Å²) in [6, 6.07) is 12.7. The van der Waals surface area contributed by atoms with Crippen molar-refractivity contribution in [3.63, 3.8) is 0 Å². The van der Waals surface area contributed by atoms with Gasteiger partial charge in [0.05, 0.1) is 19.3 Å². The van der Waals surface area contributed by atoms with Gasteiger partial charge in [0.15, 0.2) is 6.10 Å². The molecule has 0 aliphatic carbocycles. The van der Waals surface area contributed by atoms with E-state index < -0.39 is 12.1 Å². The molecule has 0 radical (unpaired) electrons. The standard InChI is InChI=1S/C28H40N2O6/c1-7-35-25(26(31)32)19-21-9-11-22(12-10-21)36-17-16-30(15-14-28(3,4)5)27(33)29-23-18-20(2)8-13-24(23)34-6/h8-13,18,25H,7,14-17,19H2,1-6H3,(H,29,33)(H,31,32). The molecule has 198 valence electrons. The molecular weight excluding hydrogens is 460 g/mol. The Hall–Kier alpha value is -3.26. The second-order valence-electron chi connectivity index (χ2n) is 9.91. The summed E-state index contributed by atoms with van der Waals surface area (Å²) in [6.45, 7) is 11.8. The molecular formula is C28H40N2O6. The Morgan fingerprint density at radius 2 is 1.78 bits per heavy atom. The highest BCUT2D eigenvalue weighted by molar-refractivity contribution is 5.91. The highest BCUT2D eigenvalue weighted by atomic mass is 16.5. The smallest absolute Gasteiger partial charge is 0.333 e. The van der Waals surface area contributed by atoms with Crippen LogP contribution in [0.15, 0.2) is 42.5 Å². The molecule has 0 heterocycles. The van der Waals surface area contributed by atoms with Gasteiger partial charge in [-0.25, -0.2) is 9.59 Å². The summed E-state index contributed by atoms with van der Waals surface area (Å²) >= 11 is 0. The van der Waals surface area contributed by atoms with Crippen molar-refractivity contribution in [3.05, 3.63) is 53.6 Å². The molecule has 1 unspecified atom stereocenters. The van der Waals surface area contributed by atoms with Crippen LogP contribution >= 0.6 is 0 Å². The van der Waals surface area contributed by atoms with Crippen molar-refractivity contribution in [2.45, 2.75) is 53.6 Å². The molecule has 8 nitrogen and oxygen atoms in total. The second-order valence-corrected chi connectivity index (χ2v) is 9.91. The molecule has 0 spiro atoms. The van der Waals surface area contributed by atoms with Crippen molar-refractivity contribution in [2.75, 3.05) is 38.7 Å². The molecule has 0 aliphatic rings. The maximum Gasteiger partial charge on any atom is 0.333 e. The van der Waals surface area contributed by atoms with E-state index in [1.165, 1.54) is 0 Å². The lowest BCUT2D eigenvalue weighted by Gasteiger charge is -2.27. The lowest BCUT2D eigenvalue weighted by atomic mass is 9.92. The SMILES string of the molecule is CCOC(Cc1ccc(OCCN(CCC(C)(C)C)C(=O)Nc2cc(C)ccc2OC)cc1)C(=O)O. The summed E-state index contributed by atoms with van der Waals surface area (Å²) in [7, 11) is 1.58. The number of aryl methyl sites for hydroxylation is 1. The van der Waals surface area contributed by atoms with Crippen LogP contribution < -0.4 is 14.8 Å². The second kappa shape index (κ2) is 13.7. The molecule has 0 saturated carbocycles. The lowest BCUT2D eigenvalue weighted by molar-refractivity contribution is -0.149. The van der Waals surface area contributed by atoms with Crippen molar-refractivity contribution >= 4 is 17.7 Å². The molecule has 2 aromatic carbocycles. The van der Waals surface area contributed by atoms with E-state index in [1.54, 1.807) is 31.1 Å². The molecule has 2 amide bonds. The van der Waals surface area contributed by atoms with Gasteiger partial charge in [0.25, 0.3) is 0 Å². The van der Waals surface area contributed by atoms with Gasteiger partial charge < -0.3 is 29.5 Å². The number of aliphatic carboxylic acids is 1. The zero-order valence-electron chi connectivity index (χ0n) is 22.3. The van der Waals surface area contributed by atoms with Crippen LogP contribution in [0.1, 0.15) is 45.2 Å². The third kappa shape index (κ3) is 9.77. The minimum absolute atomic E-state index is 0.0749. The summed E-state index contributed by atoms with van der Waals surface area (Å²) < 4.78 is 16.6. The number of methoxy groups -OCH3 is 1. The van der Waals surface area contributed by atoms with Crippen LogP contribution in [0.2, 0.25) is 0 Å². The number of rotatable bonds is 13. The molecule has 0 aromatic heterocycles. The van der Waals surface area contributed by atoms with Crippen LogP contribution in [0.3, 0.4) is 0 Å². The van der Waals surface area contributed by atoms with Crippen molar-refractivity contribution in [3.8, 4) is 11.5 Å². The van der Waals surface area contributed by atoms with Crippen LogP contribution in [0.25, 0.3) is 0 Å². The number of anilines is 1. The number of carboxylic acid groups (broad SMARTS) is 1. The van der Waals surface area contributed by atoms with Gasteiger partial charge in [0.2, 0.25) is 0 Å². The average Bonchev–Trinajstić information content (AvgIpc) is 2.81. The van der Waals surface area contributed by atoms with Crippen molar-refractivity contribution < 1.29 is 28.9 Å². The number of carbonyl (C=O) groups excluding carboxylic acids is 1. The topological polar surface area (TPSA) is 97.3 Å². The van der Waals surface area contributed by atoms with E-state index in [1.807, 2.05) is 37.3 Å². The van der Waals surface area contributed by atoms with Gasteiger partial charge in [-0.2, -0.15) is 0 Å². The summed E-state index contributed by atoms with van der Waals surface area (Å²) in [5.41, 5.74) is 2.58. The monoisotopic (exact) mass is 500 g/mol. The van der Waals surface area contributed by atoms with Gasteiger partial charge in [-0.15, -0.1) is 0 Å². The Morgan fingerprint density at radius 1 is 1.08 bits per heavy atom. The predicted octanol–water partition coefficient (Wildman–Crippen LogP) is 5.38. The third-order valence-electron chi connectivity index (χ3n) is 5.63. The van der Waals surface area contributed by atoms with Crippen LogP contribution in [-0.4, -0.2) is 61.5 Å². The van der Waals surface area contributed by atoms with E-state index >= 15 is 0 Å². The van der Waals surface area contributed by atoms with Crippen LogP contribution in [0.5, 0.6) is 11.5 Å². The van der Waals surface area contributed by atoms with E-state index in [2.05, 4.69) is 26.1 Å². The largest absolute Gasteiger partial charge is 0.495 e. The molecule has 2 aromatic rings. The molecule has 0 fully saturated rings. The first-order chi connectivity index (χ1) is 17.0. The van der Waals surface area contributed by atoms with Gasteiger partial charge in [-0.05, 0) is 61.1 Å². The number of nitrogens with one attached hydrogen (secondary N) is 1. The summed E-state index contributed by atoms with van der Waals surface area (Å²) in [5, 5.41) is 12.2. The first-order valence-corrected chi connectivity index (χ1v) is 12.3. The Kier molecular flexibility index (Phi) is 11.0. The number of hydrogen-bond acceptors (Lipinski definition) is 5. The first kappa shape index (κ1) is 29.0. The maximum absolute atomic E-state index is 13.2. The number of amides is 2. The third-order valence-corrected chi connectivity index (χ3v) is 5.63. The molecule has 0 bridgehead atoms. The van der Waals surface area contributed by atoms with Gasteiger partial charge >= 0.3 is 12.0 Å². The van der Waals surface area contributed by atoms with Crippen LogP contribution in [0.4, 0.5) is 10.5 Å². The molecule has 0 aliphatic heterocycles. The summed E-state index contributed by atoms with van der Waals surface area (Å²) in [6.07, 6.45) is 0.251. The van der Waals surface area contributed by atoms with Gasteiger partial charge in [-0.1, -0.05) is 39.0 Å². The zero-order valence-corrected chi connectivity index (χ0v) is 22.3. The fourth-order valence-electron chi connectivity index (χ4n) is 3.53. The normalized spacial score (nSPS) is 12.1. The Morgan fingerprint density at radius 3 is 2.36 bits per heavy atom. The van der Waals surface area contributed by atoms with Crippen molar-refractivity contribution in [1.82, 2.24) is 4.90 Å². The molecule has 0 saturated heterocycles. The van der Waals surface area contributed by atoms with Crippen LogP contribution in [-0.2, 0) is 16.0 Å². The molecule has 1 atom stereocenters. The Balaban J connectivity index is 2.00. The van der Waals surface area contributed by atoms with Gasteiger partial charge in [0.1, 0.15) is 18.1 Å². The van der Waals surface area contributed by atoms with E-state index in [4.69, 9.17) is 14.2 Å². The van der Waals surface area contributed by atoms with E-state index in [9.17, 15) is 14.7 Å². The number of carboxylic acids is 1. The maximum atomic E-state index is 13.2. The summed E-state index contributed by atoms with van der Waals surface area (Å²) in [5.74, 6) is 0.281. The number of nitrogens with zero attached hydrogens (tertiary/aromatic N) is 1. The average molecular weight is 501 g/mol. The number of ether oxygens (including phenoxy) is 3. The fraction of sp³-hybridized carbons (Fsp3) is 0.500. The van der Waals surface area contributed by atoms with Gasteiger partial charge in [0, 0.05) is 19.6 Å². The predicted molar refractivity (Wildman–Crippen MR) is 141 cm³/mol. The van der Waals surface area contributed by atoms with E-state index in [-0.39, 0.29) is 17.9 Å². The minimum Gasteiger partial charge on any atom is -0.495 e. The van der Waals surface area contributed by atoms with Crippen molar-refractivity contribution in [1.29, 1.82) is 0 Å². The quantitative estimate of drug-likeness (QED) is 0.383. The molecule has 8 heteroatoms. The van der Waals surface area contributed by atoms with E-state index in [0.717, 1.165) is 17.5 Å². The molecule has 2 rings (SSSR count). The van der Waals surface area contributed by atoms with Crippen molar-refractivity contribution in [2.24, 2.45) is 5.41 Å². The van der Waals surface area contributed by atoms with E-state index in [0.29, 0.717) is 43.5 Å². The fourth-order valence-corrected chi connectivity index (χ4v) is 3.53. The number of hydrogen-bond donors (Lipinski definition) is 2. The highest BCUT2D eigenvalue weighted by Crippen LogP contribution is 2.26. The molecule has 36 heavy (non-hydrogen) atoms. The number of urea groups is 1. The number of carbonyl (C=O) groups is 2. The first-order valence-electron chi connectivity index (χ1n) is 12.3. The Labute approximate surface area is 214 Å². The minimum atomic E-state index is -0.978. The highest BCUT2D eigenvalue weighted by Gasteiger charge is 2.20. The Bertz CT molecular complexity index is 985. The molecule has 2 N–H and O–H groups in total.